The zero-order valence-corrected chi connectivity index (χ0v) is 18.7. The van der Waals surface area contributed by atoms with Crippen LogP contribution in [0.3, 0.4) is 0 Å². The van der Waals surface area contributed by atoms with Gasteiger partial charge in [-0.3, -0.25) is 4.79 Å². The molecule has 1 amide bonds. The van der Waals surface area contributed by atoms with Crippen molar-refractivity contribution < 1.29 is 14.3 Å². The molecule has 1 fully saturated rings. The van der Waals surface area contributed by atoms with Crippen LogP contribution in [0.25, 0.3) is 0 Å². The first kappa shape index (κ1) is 21.5. The van der Waals surface area contributed by atoms with E-state index in [4.69, 9.17) is 9.47 Å². The van der Waals surface area contributed by atoms with E-state index in [9.17, 15) is 4.79 Å². The van der Waals surface area contributed by atoms with Gasteiger partial charge in [-0.1, -0.05) is 60.7 Å². The summed E-state index contributed by atoms with van der Waals surface area (Å²) in [4.78, 5) is 12.9. The van der Waals surface area contributed by atoms with Gasteiger partial charge < -0.3 is 20.1 Å². The molecular formula is C28H30N2O3. The van der Waals surface area contributed by atoms with Gasteiger partial charge in [0, 0.05) is 19.0 Å². The van der Waals surface area contributed by atoms with Gasteiger partial charge in [-0.15, -0.1) is 0 Å². The second kappa shape index (κ2) is 10.1. The Bertz CT molecular complexity index is 1090. The van der Waals surface area contributed by atoms with E-state index in [0.29, 0.717) is 19.6 Å². The summed E-state index contributed by atoms with van der Waals surface area (Å²) in [6, 6.07) is 26.1. The predicted molar refractivity (Wildman–Crippen MR) is 128 cm³/mol. The van der Waals surface area contributed by atoms with E-state index in [1.165, 1.54) is 11.1 Å². The predicted octanol–water partition coefficient (Wildman–Crippen LogP) is 4.57. The maximum Gasteiger partial charge on any atom is 0.237 e. The number of nitrogens with one attached hydrogen (secondary N) is 2. The van der Waals surface area contributed by atoms with E-state index in [1.807, 2.05) is 54.6 Å². The molecule has 1 aliphatic carbocycles. The number of rotatable bonds is 7. The summed E-state index contributed by atoms with van der Waals surface area (Å²) in [5, 5.41) is 6.60. The second-order valence-corrected chi connectivity index (χ2v) is 8.84. The van der Waals surface area contributed by atoms with Gasteiger partial charge in [0.2, 0.25) is 5.91 Å². The maximum atomic E-state index is 12.9. The van der Waals surface area contributed by atoms with Crippen LogP contribution in [-0.2, 0) is 17.8 Å². The summed E-state index contributed by atoms with van der Waals surface area (Å²) in [6.07, 6.45) is 3.78. The Kier molecular flexibility index (Phi) is 6.58. The average molecular weight is 443 g/mol. The number of ether oxygens (including phenoxy) is 2. The molecule has 170 valence electrons. The molecule has 0 aromatic heterocycles. The van der Waals surface area contributed by atoms with Gasteiger partial charge in [-0.25, -0.2) is 0 Å². The van der Waals surface area contributed by atoms with Crippen LogP contribution < -0.4 is 20.1 Å². The molecule has 0 radical (unpaired) electrons. The summed E-state index contributed by atoms with van der Waals surface area (Å²) < 4.78 is 12.1. The Hall–Kier alpha value is -3.31. The molecule has 3 aromatic carbocycles. The van der Waals surface area contributed by atoms with Crippen LogP contribution >= 0.6 is 0 Å². The smallest absolute Gasteiger partial charge is 0.237 e. The number of hydrogen-bond acceptors (Lipinski definition) is 4. The van der Waals surface area contributed by atoms with Crippen LogP contribution in [0, 0.1) is 0 Å². The first-order valence-corrected chi connectivity index (χ1v) is 11.8. The number of benzene rings is 3. The van der Waals surface area contributed by atoms with E-state index in [0.717, 1.165) is 36.3 Å². The molecule has 3 atom stereocenters. The molecule has 1 aliphatic heterocycles. The van der Waals surface area contributed by atoms with Gasteiger partial charge in [0.05, 0.1) is 12.1 Å². The first-order valence-electron chi connectivity index (χ1n) is 11.8. The largest absolute Gasteiger partial charge is 0.489 e. The Morgan fingerprint density at radius 3 is 2.70 bits per heavy atom. The molecule has 2 N–H and O–H groups in total. The van der Waals surface area contributed by atoms with Crippen LogP contribution in [0.2, 0.25) is 0 Å². The summed E-state index contributed by atoms with van der Waals surface area (Å²) in [6.45, 7) is 1.16. The van der Waals surface area contributed by atoms with E-state index in [1.54, 1.807) is 0 Å². The molecular weight excluding hydrogens is 412 g/mol. The quantitative estimate of drug-likeness (QED) is 0.563. The lowest BCUT2D eigenvalue weighted by Crippen LogP contribution is -2.42. The lowest BCUT2D eigenvalue weighted by molar-refractivity contribution is -0.123. The van der Waals surface area contributed by atoms with Crippen molar-refractivity contribution in [3.63, 3.8) is 0 Å². The minimum absolute atomic E-state index is 0.0521. The molecule has 5 rings (SSSR count). The number of amides is 1. The standard InChI is InChI=1S/C28H30N2O3/c31-28(30-26-15-6-11-21-10-4-5-14-25(21)26)27-17-24(18-29-27)33-23-13-7-12-22(16-23)32-19-20-8-2-1-3-9-20/h1-5,7-10,12-14,16,24,26-27,29H,6,11,15,17-19H2,(H,30,31)/t24-,26+,27-/m0/s1. The van der Waals surface area contributed by atoms with Crippen LogP contribution in [0.4, 0.5) is 0 Å². The van der Waals surface area contributed by atoms with Crippen LogP contribution in [0.1, 0.15) is 42.0 Å². The summed E-state index contributed by atoms with van der Waals surface area (Å²) in [5.41, 5.74) is 3.73. The zero-order chi connectivity index (χ0) is 22.5. The highest BCUT2D eigenvalue weighted by Gasteiger charge is 2.32. The van der Waals surface area contributed by atoms with Crippen molar-refractivity contribution in [2.24, 2.45) is 0 Å². The van der Waals surface area contributed by atoms with Gasteiger partial charge in [0.15, 0.2) is 0 Å². The zero-order valence-electron chi connectivity index (χ0n) is 18.7. The molecule has 33 heavy (non-hydrogen) atoms. The van der Waals surface area contributed by atoms with Gasteiger partial charge in [-0.2, -0.15) is 0 Å². The van der Waals surface area contributed by atoms with Crippen molar-refractivity contribution >= 4 is 5.91 Å². The number of aryl methyl sites for hydroxylation is 1. The SMILES string of the molecule is O=C(N[C@@H]1CCCc2ccccc21)[C@@H]1C[C@H](Oc2cccc(OCc3ccccc3)c2)CN1. The van der Waals surface area contributed by atoms with Crippen LogP contribution in [0.5, 0.6) is 11.5 Å². The van der Waals surface area contributed by atoms with Gasteiger partial charge >= 0.3 is 0 Å². The molecule has 0 bridgehead atoms. The molecule has 0 spiro atoms. The molecule has 3 aromatic rings. The number of hydrogen-bond donors (Lipinski definition) is 2. The van der Waals surface area contributed by atoms with Gasteiger partial charge in [0.1, 0.15) is 24.2 Å². The maximum absolute atomic E-state index is 12.9. The molecule has 0 saturated carbocycles. The lowest BCUT2D eigenvalue weighted by atomic mass is 9.87. The average Bonchev–Trinajstić information content (AvgIpc) is 3.32. The minimum Gasteiger partial charge on any atom is -0.489 e. The van der Waals surface area contributed by atoms with E-state index >= 15 is 0 Å². The number of fused-ring (bicyclic) bond motifs is 1. The van der Waals surface area contributed by atoms with Crippen molar-refractivity contribution in [1.29, 1.82) is 0 Å². The van der Waals surface area contributed by atoms with Gasteiger partial charge in [0.25, 0.3) is 0 Å². The highest BCUT2D eigenvalue weighted by atomic mass is 16.5. The minimum atomic E-state index is -0.235. The fraction of sp³-hybridized carbons (Fsp3) is 0.321. The topological polar surface area (TPSA) is 59.6 Å². The fourth-order valence-electron chi connectivity index (χ4n) is 4.74. The number of carbonyl (C=O) groups excluding carboxylic acids is 1. The Labute approximate surface area is 195 Å². The molecule has 1 saturated heterocycles. The highest BCUT2D eigenvalue weighted by molar-refractivity contribution is 5.82. The normalized spacial score (nSPS) is 21.8. The van der Waals surface area contributed by atoms with Crippen LogP contribution in [-0.4, -0.2) is 24.6 Å². The third kappa shape index (κ3) is 5.37. The first-order chi connectivity index (χ1) is 16.2. The van der Waals surface area contributed by atoms with E-state index in [-0.39, 0.29) is 24.1 Å². The Morgan fingerprint density at radius 2 is 1.79 bits per heavy atom. The Balaban J connectivity index is 1.14. The molecule has 5 heteroatoms. The van der Waals surface area contributed by atoms with Crippen molar-refractivity contribution in [2.45, 2.75) is 50.5 Å². The Morgan fingerprint density at radius 1 is 0.970 bits per heavy atom. The molecule has 1 heterocycles. The second-order valence-electron chi connectivity index (χ2n) is 8.84. The summed E-state index contributed by atoms with van der Waals surface area (Å²) in [7, 11) is 0. The van der Waals surface area contributed by atoms with Crippen molar-refractivity contribution in [3.05, 3.63) is 95.6 Å². The van der Waals surface area contributed by atoms with Crippen molar-refractivity contribution in [3.8, 4) is 11.5 Å². The highest BCUT2D eigenvalue weighted by Crippen LogP contribution is 2.30. The van der Waals surface area contributed by atoms with E-state index in [2.05, 4.69) is 34.9 Å². The molecule has 0 unspecified atom stereocenters. The van der Waals surface area contributed by atoms with E-state index < -0.39 is 0 Å². The van der Waals surface area contributed by atoms with Crippen LogP contribution in [0.15, 0.2) is 78.9 Å². The lowest BCUT2D eigenvalue weighted by Gasteiger charge is -2.27. The van der Waals surface area contributed by atoms with Gasteiger partial charge in [-0.05, 0) is 48.1 Å². The monoisotopic (exact) mass is 442 g/mol. The third-order valence-electron chi connectivity index (χ3n) is 6.45. The summed E-state index contributed by atoms with van der Waals surface area (Å²) in [5.74, 6) is 1.59. The third-order valence-corrected chi connectivity index (χ3v) is 6.45. The summed E-state index contributed by atoms with van der Waals surface area (Å²) >= 11 is 0. The number of carbonyl (C=O) groups is 1. The van der Waals surface area contributed by atoms with Crippen molar-refractivity contribution in [1.82, 2.24) is 10.6 Å². The van der Waals surface area contributed by atoms with Crippen molar-refractivity contribution in [2.75, 3.05) is 6.54 Å². The fourth-order valence-corrected chi connectivity index (χ4v) is 4.74. The molecule has 5 nitrogen and oxygen atoms in total. The molecule has 2 aliphatic rings.